The van der Waals surface area contributed by atoms with E-state index in [-0.39, 0.29) is 0 Å². The molecule has 0 aliphatic carbocycles. The van der Waals surface area contributed by atoms with E-state index in [1.54, 1.807) is 11.3 Å². The van der Waals surface area contributed by atoms with E-state index in [0.717, 1.165) is 41.2 Å². The zero-order valence-corrected chi connectivity index (χ0v) is 15.8. The van der Waals surface area contributed by atoms with E-state index >= 15 is 0 Å². The topological polar surface area (TPSA) is 51.0 Å². The highest BCUT2D eigenvalue weighted by Gasteiger charge is 2.13. The molecule has 0 amide bonds. The van der Waals surface area contributed by atoms with Crippen molar-refractivity contribution in [3.05, 3.63) is 64.7 Å². The number of anilines is 1. The molecular weight excluding hydrogens is 342 g/mol. The van der Waals surface area contributed by atoms with Crippen molar-refractivity contribution >= 4 is 27.4 Å². The summed E-state index contributed by atoms with van der Waals surface area (Å²) < 4.78 is 5.72. The minimum atomic E-state index is 0.637. The van der Waals surface area contributed by atoms with E-state index in [2.05, 4.69) is 53.6 Å². The van der Waals surface area contributed by atoms with Gasteiger partial charge < -0.3 is 9.73 Å². The molecule has 3 heterocycles. The van der Waals surface area contributed by atoms with E-state index in [0.29, 0.717) is 11.6 Å². The van der Waals surface area contributed by atoms with Crippen molar-refractivity contribution in [1.29, 1.82) is 0 Å². The molecule has 5 heteroatoms. The summed E-state index contributed by atoms with van der Waals surface area (Å²) in [5.74, 6) is 3.10. The van der Waals surface area contributed by atoms with Gasteiger partial charge in [-0.15, -0.1) is 11.3 Å². The van der Waals surface area contributed by atoms with Gasteiger partial charge in [-0.3, -0.25) is 0 Å². The van der Waals surface area contributed by atoms with Crippen molar-refractivity contribution in [2.75, 3.05) is 11.9 Å². The maximum Gasteiger partial charge on any atom is 0.199 e. The van der Waals surface area contributed by atoms with E-state index in [1.165, 1.54) is 10.4 Å². The SMILES string of the molecule is Cc1ccc(-c2nc(NCCCc3ccccc3)c3cc(C)sc3n2)o1. The van der Waals surface area contributed by atoms with Crippen molar-refractivity contribution in [2.24, 2.45) is 0 Å². The van der Waals surface area contributed by atoms with Crippen LogP contribution in [0, 0.1) is 13.8 Å². The molecule has 4 rings (SSSR count). The Labute approximate surface area is 156 Å². The van der Waals surface area contributed by atoms with Gasteiger partial charge in [-0.25, -0.2) is 9.97 Å². The number of nitrogens with one attached hydrogen (secondary N) is 1. The minimum Gasteiger partial charge on any atom is -0.458 e. The molecule has 0 saturated carbocycles. The molecule has 0 radical (unpaired) electrons. The van der Waals surface area contributed by atoms with Crippen LogP contribution in [0.3, 0.4) is 0 Å². The lowest BCUT2D eigenvalue weighted by Crippen LogP contribution is -2.06. The van der Waals surface area contributed by atoms with E-state index < -0.39 is 0 Å². The number of nitrogens with zero attached hydrogens (tertiary/aromatic N) is 2. The zero-order valence-electron chi connectivity index (χ0n) is 15.0. The fourth-order valence-corrected chi connectivity index (χ4v) is 3.86. The van der Waals surface area contributed by atoms with Gasteiger partial charge in [0.25, 0.3) is 0 Å². The van der Waals surface area contributed by atoms with E-state index in [4.69, 9.17) is 9.40 Å². The second kappa shape index (κ2) is 7.30. The van der Waals surface area contributed by atoms with Gasteiger partial charge in [-0.05, 0) is 50.5 Å². The van der Waals surface area contributed by atoms with Crippen LogP contribution in [0.2, 0.25) is 0 Å². The van der Waals surface area contributed by atoms with Crippen LogP contribution in [0.25, 0.3) is 21.8 Å². The van der Waals surface area contributed by atoms with Crippen LogP contribution in [-0.2, 0) is 6.42 Å². The van der Waals surface area contributed by atoms with Gasteiger partial charge in [0.2, 0.25) is 0 Å². The van der Waals surface area contributed by atoms with Crippen molar-refractivity contribution in [3.63, 3.8) is 0 Å². The van der Waals surface area contributed by atoms with Gasteiger partial charge in [0.15, 0.2) is 11.6 Å². The van der Waals surface area contributed by atoms with Crippen LogP contribution in [0.1, 0.15) is 22.6 Å². The molecular formula is C21H21N3OS. The van der Waals surface area contributed by atoms with E-state index in [1.807, 2.05) is 19.1 Å². The second-order valence-electron chi connectivity index (χ2n) is 6.40. The first-order valence-corrected chi connectivity index (χ1v) is 9.63. The van der Waals surface area contributed by atoms with Gasteiger partial charge in [0, 0.05) is 11.4 Å². The third kappa shape index (κ3) is 3.63. The Bertz CT molecular complexity index is 1020. The highest BCUT2D eigenvalue weighted by molar-refractivity contribution is 7.18. The number of fused-ring (bicyclic) bond motifs is 1. The molecule has 3 aromatic heterocycles. The molecule has 0 aliphatic rings. The summed E-state index contributed by atoms with van der Waals surface area (Å²) in [6.07, 6.45) is 2.10. The van der Waals surface area contributed by atoms with Gasteiger partial charge >= 0.3 is 0 Å². The van der Waals surface area contributed by atoms with Gasteiger partial charge in [-0.1, -0.05) is 30.3 Å². The Morgan fingerprint density at radius 1 is 1.04 bits per heavy atom. The predicted octanol–water partition coefficient (Wildman–Crippen LogP) is 5.61. The number of furan rings is 1. The summed E-state index contributed by atoms with van der Waals surface area (Å²) in [7, 11) is 0. The largest absolute Gasteiger partial charge is 0.458 e. The Morgan fingerprint density at radius 2 is 1.88 bits per heavy atom. The number of hydrogen-bond donors (Lipinski definition) is 1. The first-order valence-electron chi connectivity index (χ1n) is 8.82. The summed E-state index contributed by atoms with van der Waals surface area (Å²) in [6, 6.07) is 16.6. The van der Waals surface area contributed by atoms with Crippen LogP contribution in [-0.4, -0.2) is 16.5 Å². The maximum atomic E-state index is 5.72. The second-order valence-corrected chi connectivity index (χ2v) is 7.63. The third-order valence-electron chi connectivity index (χ3n) is 4.25. The number of hydrogen-bond acceptors (Lipinski definition) is 5. The third-order valence-corrected chi connectivity index (χ3v) is 5.20. The summed E-state index contributed by atoms with van der Waals surface area (Å²) in [6.45, 7) is 4.90. The number of thiophene rings is 1. The molecule has 132 valence electrons. The smallest absolute Gasteiger partial charge is 0.199 e. The molecule has 0 aliphatic heterocycles. The monoisotopic (exact) mass is 363 g/mol. The van der Waals surface area contributed by atoms with Crippen LogP contribution < -0.4 is 5.32 Å². The van der Waals surface area contributed by atoms with Crippen molar-refractivity contribution in [1.82, 2.24) is 9.97 Å². The molecule has 0 unspecified atom stereocenters. The minimum absolute atomic E-state index is 0.637. The Kier molecular flexibility index (Phi) is 4.71. The van der Waals surface area contributed by atoms with Crippen LogP contribution in [0.4, 0.5) is 5.82 Å². The van der Waals surface area contributed by atoms with Gasteiger partial charge in [0.05, 0.1) is 5.39 Å². The maximum absolute atomic E-state index is 5.72. The number of rotatable bonds is 6. The molecule has 1 aromatic carbocycles. The molecule has 4 nitrogen and oxygen atoms in total. The fraction of sp³-hybridized carbons (Fsp3) is 0.238. The molecule has 4 aromatic rings. The van der Waals surface area contributed by atoms with E-state index in [9.17, 15) is 0 Å². The summed E-state index contributed by atoms with van der Waals surface area (Å²) in [5.41, 5.74) is 1.36. The Morgan fingerprint density at radius 3 is 2.65 bits per heavy atom. The fourth-order valence-electron chi connectivity index (χ4n) is 2.99. The van der Waals surface area contributed by atoms with Crippen molar-refractivity contribution < 1.29 is 4.42 Å². The van der Waals surface area contributed by atoms with Gasteiger partial charge in [-0.2, -0.15) is 0 Å². The Hall–Kier alpha value is -2.66. The van der Waals surface area contributed by atoms with Crippen LogP contribution in [0.5, 0.6) is 0 Å². The lowest BCUT2D eigenvalue weighted by molar-refractivity contribution is 0.544. The standard InChI is InChI=1S/C21H21N3OS/c1-14-10-11-18(25-14)20-23-19(17-13-15(2)26-21(17)24-20)22-12-6-9-16-7-4-3-5-8-16/h3-5,7-8,10-11,13H,6,9,12H2,1-2H3,(H,22,23,24). The highest BCUT2D eigenvalue weighted by atomic mass is 32.1. The predicted molar refractivity (Wildman–Crippen MR) is 108 cm³/mol. The zero-order chi connectivity index (χ0) is 17.9. The lowest BCUT2D eigenvalue weighted by atomic mass is 10.1. The molecule has 1 N–H and O–H groups in total. The van der Waals surface area contributed by atoms with Crippen molar-refractivity contribution in [3.8, 4) is 11.6 Å². The molecule has 0 atom stereocenters. The number of benzene rings is 1. The summed E-state index contributed by atoms with van der Waals surface area (Å²) in [4.78, 5) is 11.6. The number of aryl methyl sites for hydroxylation is 3. The van der Waals surface area contributed by atoms with Gasteiger partial charge in [0.1, 0.15) is 16.4 Å². The Balaban J connectivity index is 1.55. The first-order chi connectivity index (χ1) is 12.7. The normalized spacial score (nSPS) is 11.2. The van der Waals surface area contributed by atoms with Crippen LogP contribution in [0.15, 0.2) is 52.9 Å². The molecule has 0 spiro atoms. The molecule has 0 fully saturated rings. The molecule has 0 bridgehead atoms. The highest BCUT2D eigenvalue weighted by Crippen LogP contribution is 2.31. The first kappa shape index (κ1) is 16.8. The average Bonchev–Trinajstić information content (AvgIpc) is 3.24. The quantitative estimate of drug-likeness (QED) is 0.452. The van der Waals surface area contributed by atoms with Crippen molar-refractivity contribution in [2.45, 2.75) is 26.7 Å². The van der Waals surface area contributed by atoms with Crippen LogP contribution >= 0.6 is 11.3 Å². The summed E-state index contributed by atoms with van der Waals surface area (Å²) in [5, 5.41) is 4.58. The number of aromatic nitrogens is 2. The summed E-state index contributed by atoms with van der Waals surface area (Å²) >= 11 is 1.69. The molecule has 26 heavy (non-hydrogen) atoms. The average molecular weight is 363 g/mol. The molecule has 0 saturated heterocycles. The lowest BCUT2D eigenvalue weighted by Gasteiger charge is -2.08.